The summed E-state index contributed by atoms with van der Waals surface area (Å²) >= 11 is 1.95. The second-order valence-corrected chi connectivity index (χ2v) is 13.6. The molecule has 0 spiro atoms. The topological polar surface area (TPSA) is 55.8 Å². The Balaban J connectivity index is 1.22. The van der Waals surface area contributed by atoms with Gasteiger partial charge in [0.1, 0.15) is 0 Å². The smallest absolute Gasteiger partial charge is 0.335 e. The summed E-state index contributed by atoms with van der Waals surface area (Å²) < 4.78 is 10.7. The molecule has 2 aliphatic carbocycles. The van der Waals surface area contributed by atoms with E-state index in [1.54, 1.807) is 23.8 Å². The first-order valence-corrected chi connectivity index (χ1v) is 17.5. The van der Waals surface area contributed by atoms with Gasteiger partial charge < -0.3 is 14.6 Å². The number of carbonyl (C=O) groups is 1. The van der Waals surface area contributed by atoms with Crippen LogP contribution in [-0.4, -0.2) is 50.0 Å². The van der Waals surface area contributed by atoms with Crippen LogP contribution in [0.25, 0.3) is 0 Å². The fraction of sp³-hybridized carbons (Fsp3) is 0.595. The normalized spacial score (nSPS) is 21.0. The number of benzene rings is 2. The summed E-state index contributed by atoms with van der Waals surface area (Å²) in [5.41, 5.74) is 7.78. The summed E-state index contributed by atoms with van der Waals surface area (Å²) in [5, 5.41) is 9.08. The van der Waals surface area contributed by atoms with Crippen molar-refractivity contribution in [3.63, 3.8) is 0 Å². The Hall–Kier alpha value is -2.08. The minimum atomic E-state index is -0.513. The zero-order valence-corrected chi connectivity index (χ0v) is 26.8. The van der Waals surface area contributed by atoms with Gasteiger partial charge in [-0.2, -0.15) is 11.8 Å². The third-order valence-corrected chi connectivity index (χ3v) is 10.3. The Bertz CT molecular complexity index is 1120. The molecule has 0 saturated heterocycles. The van der Waals surface area contributed by atoms with Crippen molar-refractivity contribution < 1.29 is 19.4 Å². The highest BCUT2D eigenvalue weighted by atomic mass is 32.2. The number of aliphatic hydroxyl groups is 1. The van der Waals surface area contributed by atoms with Crippen LogP contribution in [0.2, 0.25) is 0 Å². The first-order chi connectivity index (χ1) is 20.5. The molecule has 2 aromatic rings. The summed E-state index contributed by atoms with van der Waals surface area (Å²) in [7, 11) is 1.69. The molecule has 0 radical (unpaired) electrons. The number of aliphatic hydroxyl groups excluding tert-OH is 1. The third-order valence-electron chi connectivity index (χ3n) is 9.61. The van der Waals surface area contributed by atoms with Crippen molar-refractivity contribution in [2.75, 3.05) is 38.9 Å². The number of rotatable bonds is 16. The summed E-state index contributed by atoms with van der Waals surface area (Å²) in [6, 6.07) is 16.9. The molecule has 0 heterocycles. The van der Waals surface area contributed by atoms with Gasteiger partial charge in [-0.1, -0.05) is 49.0 Å². The number of aryl methyl sites for hydroxylation is 2. The van der Waals surface area contributed by atoms with E-state index in [9.17, 15) is 4.79 Å². The first kappa shape index (κ1) is 32.8. The maximum absolute atomic E-state index is 11.9. The number of esters is 1. The van der Waals surface area contributed by atoms with Crippen LogP contribution in [0.4, 0.5) is 0 Å². The van der Waals surface area contributed by atoms with Crippen molar-refractivity contribution in [3.8, 4) is 0 Å². The molecule has 0 aromatic heterocycles. The second kappa shape index (κ2) is 17.3. The summed E-state index contributed by atoms with van der Waals surface area (Å²) in [6.07, 6.45) is 16.8. The van der Waals surface area contributed by atoms with Gasteiger partial charge in [0.05, 0.1) is 25.4 Å². The summed E-state index contributed by atoms with van der Waals surface area (Å²) in [6.45, 7) is 4.08. The predicted octanol–water partition coefficient (Wildman–Crippen LogP) is 8.05. The van der Waals surface area contributed by atoms with Gasteiger partial charge in [0.2, 0.25) is 0 Å². The molecule has 4 rings (SSSR count). The zero-order chi connectivity index (χ0) is 29.7. The minimum absolute atomic E-state index is 0.101. The molecule has 0 aliphatic heterocycles. The largest absolute Gasteiger partial charge is 0.462 e. The van der Waals surface area contributed by atoms with E-state index >= 15 is 0 Å². The average Bonchev–Trinajstić information content (AvgIpc) is 3.04. The Morgan fingerprint density at radius 2 is 1.74 bits per heavy atom. The molecule has 230 valence electrons. The van der Waals surface area contributed by atoms with E-state index in [2.05, 4.69) is 55.3 Å². The molecule has 5 heteroatoms. The number of hydrogen-bond donors (Lipinski definition) is 1. The van der Waals surface area contributed by atoms with Crippen molar-refractivity contribution in [1.82, 2.24) is 0 Å². The molecule has 4 nitrogen and oxygen atoms in total. The highest BCUT2D eigenvalue weighted by Gasteiger charge is 2.26. The fourth-order valence-electron chi connectivity index (χ4n) is 6.91. The lowest BCUT2D eigenvalue weighted by atomic mass is 9.74. The van der Waals surface area contributed by atoms with Gasteiger partial charge in [0.25, 0.3) is 0 Å². The van der Waals surface area contributed by atoms with Gasteiger partial charge in [0, 0.05) is 13.0 Å². The van der Waals surface area contributed by atoms with Crippen molar-refractivity contribution in [1.29, 1.82) is 0 Å². The number of carbonyl (C=O) groups excluding carboxylic acids is 1. The standard InChI is InChI=1S/C37H52O4S/c1-27(24-38)37(39)41-26-30(25-40-2)8-7-29-11-15-32(16-12-29)34-18-20-35-22-33(17-19-36(35)23-34)31-13-9-28(10-14-31)6-4-5-21-42-3/h9-10,13-14,18,20,23,29-30,32-33,38H,1,4-8,11-12,15-17,19,21-22,24-26H2,2-3H3. The number of fused-ring (bicyclic) bond motifs is 1. The summed E-state index contributed by atoms with van der Waals surface area (Å²) in [5.74, 6) is 2.98. The van der Waals surface area contributed by atoms with Gasteiger partial charge in [0.15, 0.2) is 0 Å². The van der Waals surface area contributed by atoms with Crippen LogP contribution < -0.4 is 0 Å². The Kier molecular flexibility index (Phi) is 13.5. The highest BCUT2D eigenvalue weighted by molar-refractivity contribution is 7.98. The molecule has 2 aliphatic rings. The predicted molar refractivity (Wildman–Crippen MR) is 175 cm³/mol. The number of unbranched alkanes of at least 4 members (excludes halogenated alkanes) is 1. The lowest BCUT2D eigenvalue weighted by Gasteiger charge is -2.31. The fourth-order valence-corrected chi connectivity index (χ4v) is 7.40. The van der Waals surface area contributed by atoms with Gasteiger partial charge in [-0.15, -0.1) is 0 Å². The highest BCUT2D eigenvalue weighted by Crippen LogP contribution is 2.40. The SMILES string of the molecule is C=C(CO)C(=O)OCC(CCC1CCC(c2ccc3c(c2)CCC(c2ccc(CCCCSC)cc2)C3)CC1)COC. The lowest BCUT2D eigenvalue weighted by molar-refractivity contribution is -0.141. The van der Waals surface area contributed by atoms with Crippen LogP contribution in [-0.2, 0) is 33.5 Å². The number of thioether (sulfide) groups is 1. The molecule has 2 aromatic carbocycles. The lowest BCUT2D eigenvalue weighted by Crippen LogP contribution is -2.22. The molecule has 2 atom stereocenters. The molecular weight excluding hydrogens is 540 g/mol. The van der Waals surface area contributed by atoms with E-state index < -0.39 is 5.97 Å². The van der Waals surface area contributed by atoms with Crippen LogP contribution in [0, 0.1) is 11.8 Å². The van der Waals surface area contributed by atoms with Crippen molar-refractivity contribution in [3.05, 3.63) is 82.4 Å². The molecule has 0 amide bonds. The first-order valence-electron chi connectivity index (χ1n) is 16.1. The quantitative estimate of drug-likeness (QED) is 0.121. The number of hydrogen-bond acceptors (Lipinski definition) is 5. The van der Waals surface area contributed by atoms with E-state index in [4.69, 9.17) is 14.6 Å². The Morgan fingerprint density at radius 3 is 2.45 bits per heavy atom. The van der Waals surface area contributed by atoms with Crippen molar-refractivity contribution in [2.45, 2.75) is 88.9 Å². The molecule has 2 unspecified atom stereocenters. The molecule has 0 bridgehead atoms. The zero-order valence-electron chi connectivity index (χ0n) is 26.0. The molecule has 1 saturated carbocycles. The van der Waals surface area contributed by atoms with Crippen molar-refractivity contribution in [2.24, 2.45) is 11.8 Å². The maximum Gasteiger partial charge on any atom is 0.335 e. The van der Waals surface area contributed by atoms with Gasteiger partial charge in [-0.05, 0) is 135 Å². The van der Waals surface area contributed by atoms with Crippen LogP contribution in [0.15, 0.2) is 54.6 Å². The summed E-state index contributed by atoms with van der Waals surface area (Å²) in [4.78, 5) is 11.9. The monoisotopic (exact) mass is 592 g/mol. The van der Waals surface area contributed by atoms with E-state index in [1.807, 2.05) is 11.8 Å². The van der Waals surface area contributed by atoms with Crippen LogP contribution >= 0.6 is 11.8 Å². The van der Waals surface area contributed by atoms with Gasteiger partial charge in [-0.25, -0.2) is 4.79 Å². The van der Waals surface area contributed by atoms with Gasteiger partial charge >= 0.3 is 5.97 Å². The van der Waals surface area contributed by atoms with Gasteiger partial charge in [-0.3, -0.25) is 0 Å². The number of ether oxygens (including phenoxy) is 2. The van der Waals surface area contributed by atoms with E-state index in [1.165, 1.54) is 81.1 Å². The van der Waals surface area contributed by atoms with Crippen molar-refractivity contribution >= 4 is 17.7 Å². The van der Waals surface area contributed by atoms with Crippen LogP contribution in [0.5, 0.6) is 0 Å². The van der Waals surface area contributed by atoms with E-state index in [0.29, 0.717) is 25.0 Å². The molecule has 1 fully saturated rings. The van der Waals surface area contributed by atoms with E-state index in [0.717, 1.165) is 18.8 Å². The molecule has 42 heavy (non-hydrogen) atoms. The Morgan fingerprint density at radius 1 is 0.976 bits per heavy atom. The Labute approximate surface area is 258 Å². The van der Waals surface area contributed by atoms with Crippen LogP contribution in [0.3, 0.4) is 0 Å². The number of methoxy groups -OCH3 is 1. The van der Waals surface area contributed by atoms with Crippen LogP contribution in [0.1, 0.15) is 97.4 Å². The average molecular weight is 593 g/mol. The second-order valence-electron chi connectivity index (χ2n) is 12.6. The van der Waals surface area contributed by atoms with E-state index in [-0.39, 0.29) is 18.1 Å². The molecule has 1 N–H and O–H groups in total. The maximum atomic E-state index is 11.9. The third kappa shape index (κ3) is 9.72. The molecular formula is C37H52O4S. The minimum Gasteiger partial charge on any atom is -0.462 e.